The Morgan fingerprint density at radius 2 is 1.86 bits per heavy atom. The molecule has 28 heavy (non-hydrogen) atoms. The van der Waals surface area contributed by atoms with Crippen molar-refractivity contribution in [2.24, 2.45) is 0 Å². The van der Waals surface area contributed by atoms with Crippen LogP contribution in [0.1, 0.15) is 18.1 Å². The van der Waals surface area contributed by atoms with Crippen LogP contribution in [0.5, 0.6) is 5.75 Å². The Labute approximate surface area is 181 Å². The smallest absolute Gasteiger partial charge is 0.333 e. The Morgan fingerprint density at radius 1 is 1.18 bits per heavy atom. The van der Waals surface area contributed by atoms with Gasteiger partial charge >= 0.3 is 5.97 Å². The van der Waals surface area contributed by atoms with E-state index in [1.807, 2.05) is 48.5 Å². The van der Waals surface area contributed by atoms with Gasteiger partial charge in [0.1, 0.15) is 12.4 Å². The summed E-state index contributed by atoms with van der Waals surface area (Å²) in [4.78, 5) is 11.1. The van der Waals surface area contributed by atoms with Crippen molar-refractivity contribution in [3.05, 3.63) is 74.7 Å². The molecule has 0 aromatic heterocycles. The molecule has 2 aromatic carbocycles. The third kappa shape index (κ3) is 7.89. The van der Waals surface area contributed by atoms with Gasteiger partial charge in [-0.1, -0.05) is 55.8 Å². The predicted octanol–water partition coefficient (Wildman–Crippen LogP) is 5.23. The maximum absolute atomic E-state index is 11.1. The minimum absolute atomic E-state index is 0.324. The fraction of sp³-hybridized carbons (Fsp3) is 0.227. The lowest BCUT2D eigenvalue weighted by Crippen LogP contribution is -2.26. The molecule has 146 valence electrons. The molecule has 0 fully saturated rings. The molecule has 6 heteroatoms. The highest BCUT2D eigenvalue weighted by atomic mass is 79.9. The lowest BCUT2D eigenvalue weighted by Gasteiger charge is -2.12. The van der Waals surface area contributed by atoms with Crippen molar-refractivity contribution in [1.82, 2.24) is 0 Å². The molecule has 0 aliphatic carbocycles. The summed E-state index contributed by atoms with van der Waals surface area (Å²) >= 11 is 6.87. The average molecular weight is 508 g/mol. The van der Waals surface area contributed by atoms with Crippen molar-refractivity contribution >= 4 is 37.8 Å². The van der Waals surface area contributed by atoms with Crippen LogP contribution in [0, 0.1) is 11.8 Å². The number of benzene rings is 2. The Hall–Kier alpha value is -2.07. The summed E-state index contributed by atoms with van der Waals surface area (Å²) in [5.74, 6) is 5.79. The summed E-state index contributed by atoms with van der Waals surface area (Å²) in [5.41, 5.74) is 1.80. The molecule has 0 saturated heterocycles. The lowest BCUT2D eigenvalue weighted by atomic mass is 10.1. The fourth-order valence-electron chi connectivity index (χ4n) is 2.36. The maximum atomic E-state index is 11.1. The molecule has 0 aliphatic heterocycles. The van der Waals surface area contributed by atoms with Crippen LogP contribution in [0.2, 0.25) is 0 Å². The minimum atomic E-state index is -0.955. The molecular weight excluding hydrogens is 488 g/mol. The van der Waals surface area contributed by atoms with Crippen LogP contribution in [0.15, 0.2) is 63.6 Å². The fourth-order valence-corrected chi connectivity index (χ4v) is 3.65. The number of carboxylic acid groups (broad SMARTS) is 1. The molecular formula is C22H20Br2O4. The van der Waals surface area contributed by atoms with E-state index in [0.29, 0.717) is 25.4 Å². The number of carbonyl (C=O) groups is 1. The van der Waals surface area contributed by atoms with Gasteiger partial charge in [-0.25, -0.2) is 4.79 Å². The highest BCUT2D eigenvalue weighted by molar-refractivity contribution is 9.11. The number of carboxylic acids is 1. The van der Waals surface area contributed by atoms with Gasteiger partial charge in [-0.05, 0) is 55.0 Å². The van der Waals surface area contributed by atoms with E-state index in [4.69, 9.17) is 14.6 Å². The van der Waals surface area contributed by atoms with E-state index in [-0.39, 0.29) is 0 Å². The molecule has 0 heterocycles. The molecule has 4 nitrogen and oxygen atoms in total. The summed E-state index contributed by atoms with van der Waals surface area (Å²) in [5, 5.41) is 9.13. The summed E-state index contributed by atoms with van der Waals surface area (Å²) in [6.45, 7) is 2.54. The summed E-state index contributed by atoms with van der Waals surface area (Å²) in [6, 6.07) is 13.2. The van der Waals surface area contributed by atoms with E-state index in [1.54, 1.807) is 13.0 Å². The molecule has 0 aliphatic rings. The molecule has 2 rings (SSSR count). The second-order valence-electron chi connectivity index (χ2n) is 5.77. The summed E-state index contributed by atoms with van der Waals surface area (Å²) in [6.07, 6.45) is 3.08. The Kier molecular flexibility index (Phi) is 9.29. The van der Waals surface area contributed by atoms with E-state index in [2.05, 4.69) is 43.7 Å². The molecule has 0 saturated carbocycles. The third-order valence-electron chi connectivity index (χ3n) is 3.61. The largest absolute Gasteiger partial charge is 0.490 e. The predicted molar refractivity (Wildman–Crippen MR) is 117 cm³/mol. The summed E-state index contributed by atoms with van der Waals surface area (Å²) < 4.78 is 12.8. The van der Waals surface area contributed by atoms with Gasteiger partial charge in [-0.3, -0.25) is 0 Å². The van der Waals surface area contributed by atoms with Crippen molar-refractivity contribution in [2.75, 3.05) is 13.2 Å². The standard InChI is InChI=1S/C22H20Br2O4/c1-2-27-21(22(25)26)14-16-7-9-20(10-8-16)28-11-5-3-4-6-17-12-18(23)15-19(24)13-17/h3,5,7-10,12-13,15,21H,2,11,14H2,1H3,(H,25,26)/b5-3+/t21-/m0/s1. The number of aliphatic carboxylic acids is 1. The van der Waals surface area contributed by atoms with E-state index >= 15 is 0 Å². The monoisotopic (exact) mass is 506 g/mol. The van der Waals surface area contributed by atoms with Crippen LogP contribution < -0.4 is 4.74 Å². The van der Waals surface area contributed by atoms with Crippen LogP contribution in [-0.2, 0) is 16.0 Å². The zero-order valence-corrected chi connectivity index (χ0v) is 18.5. The highest BCUT2D eigenvalue weighted by Crippen LogP contribution is 2.19. The molecule has 2 aromatic rings. The van der Waals surface area contributed by atoms with E-state index in [0.717, 1.165) is 20.1 Å². The van der Waals surface area contributed by atoms with Gasteiger partial charge in [0.15, 0.2) is 6.10 Å². The zero-order chi connectivity index (χ0) is 20.4. The van der Waals surface area contributed by atoms with E-state index < -0.39 is 12.1 Å². The lowest BCUT2D eigenvalue weighted by molar-refractivity contribution is -0.149. The Morgan fingerprint density at radius 3 is 2.46 bits per heavy atom. The third-order valence-corrected chi connectivity index (χ3v) is 4.53. The van der Waals surface area contributed by atoms with Crippen LogP contribution >= 0.6 is 31.9 Å². The molecule has 0 bridgehead atoms. The second kappa shape index (κ2) is 11.7. The van der Waals surface area contributed by atoms with Crippen LogP contribution in [0.3, 0.4) is 0 Å². The number of hydrogen-bond acceptors (Lipinski definition) is 3. The van der Waals surface area contributed by atoms with E-state index in [9.17, 15) is 4.79 Å². The zero-order valence-electron chi connectivity index (χ0n) is 15.3. The molecule has 1 N–H and O–H groups in total. The van der Waals surface area contributed by atoms with Crippen molar-refractivity contribution < 1.29 is 19.4 Å². The van der Waals surface area contributed by atoms with Gasteiger partial charge in [0.2, 0.25) is 0 Å². The van der Waals surface area contributed by atoms with Crippen molar-refractivity contribution in [1.29, 1.82) is 0 Å². The van der Waals surface area contributed by atoms with Crippen molar-refractivity contribution in [3.8, 4) is 17.6 Å². The van der Waals surface area contributed by atoms with Gasteiger partial charge in [-0.15, -0.1) is 0 Å². The van der Waals surface area contributed by atoms with Crippen molar-refractivity contribution in [2.45, 2.75) is 19.4 Å². The SMILES string of the molecule is CCO[C@@H](Cc1ccc(OC/C=C/C#Cc2cc(Br)cc(Br)c2)cc1)C(=O)O. The Balaban J connectivity index is 1.82. The maximum Gasteiger partial charge on any atom is 0.333 e. The highest BCUT2D eigenvalue weighted by Gasteiger charge is 2.17. The normalized spacial score (nSPS) is 11.7. The number of halogens is 2. The average Bonchev–Trinajstić information content (AvgIpc) is 2.64. The second-order valence-corrected chi connectivity index (χ2v) is 7.60. The van der Waals surface area contributed by atoms with Gasteiger partial charge in [0.05, 0.1) is 0 Å². The molecule has 1 atom stereocenters. The first-order chi connectivity index (χ1) is 13.5. The van der Waals surface area contributed by atoms with Gasteiger partial charge in [0.25, 0.3) is 0 Å². The topological polar surface area (TPSA) is 55.8 Å². The number of rotatable bonds is 8. The number of ether oxygens (including phenoxy) is 2. The molecule has 0 amide bonds. The van der Waals surface area contributed by atoms with Gasteiger partial charge in [0, 0.05) is 27.5 Å². The Bertz CT molecular complexity index is 859. The first kappa shape index (κ1) is 22.2. The minimum Gasteiger partial charge on any atom is -0.490 e. The first-order valence-corrected chi connectivity index (χ1v) is 10.3. The van der Waals surface area contributed by atoms with Crippen LogP contribution in [0.25, 0.3) is 0 Å². The quantitative estimate of drug-likeness (QED) is 0.497. The molecule has 0 radical (unpaired) electrons. The van der Waals surface area contributed by atoms with Gasteiger partial charge < -0.3 is 14.6 Å². The van der Waals surface area contributed by atoms with E-state index in [1.165, 1.54) is 0 Å². The first-order valence-electron chi connectivity index (χ1n) is 8.66. The van der Waals surface area contributed by atoms with Crippen LogP contribution in [-0.4, -0.2) is 30.4 Å². The number of hydrogen-bond donors (Lipinski definition) is 1. The number of allylic oxidation sites excluding steroid dienone is 1. The molecule has 0 spiro atoms. The van der Waals surface area contributed by atoms with Crippen molar-refractivity contribution in [3.63, 3.8) is 0 Å². The summed E-state index contributed by atoms with van der Waals surface area (Å²) in [7, 11) is 0. The molecule has 0 unspecified atom stereocenters. The van der Waals surface area contributed by atoms with Crippen LogP contribution in [0.4, 0.5) is 0 Å². The van der Waals surface area contributed by atoms with Gasteiger partial charge in [-0.2, -0.15) is 0 Å².